The number of benzene rings is 1. The summed E-state index contributed by atoms with van der Waals surface area (Å²) in [6.07, 6.45) is 2.42. The van der Waals surface area contributed by atoms with Gasteiger partial charge in [-0.3, -0.25) is 0 Å². The normalized spacial score (nSPS) is 12.4. The largest absolute Gasteiger partial charge is 0.497 e. The lowest BCUT2D eigenvalue weighted by molar-refractivity contribution is 0.414. The first kappa shape index (κ1) is 12.5. The molecule has 2 nitrogen and oxygen atoms in total. The lowest BCUT2D eigenvalue weighted by Crippen LogP contribution is -1.95. The van der Waals surface area contributed by atoms with Crippen molar-refractivity contribution in [3.8, 4) is 5.75 Å². The molecule has 0 spiro atoms. The van der Waals surface area contributed by atoms with Crippen LogP contribution in [0.3, 0.4) is 0 Å². The summed E-state index contributed by atoms with van der Waals surface area (Å²) in [5.74, 6) is 0.862. The molecule has 0 amide bonds. The molecule has 0 fully saturated rings. The number of methoxy groups -OCH3 is 1. The summed E-state index contributed by atoms with van der Waals surface area (Å²) in [5.41, 5.74) is 2.15. The molecular formula is C13H12BrClO2. The van der Waals surface area contributed by atoms with E-state index in [4.69, 9.17) is 20.8 Å². The summed E-state index contributed by atoms with van der Waals surface area (Å²) in [7, 11) is 1.66. The Balaban J connectivity index is 2.13. The van der Waals surface area contributed by atoms with Crippen LogP contribution < -0.4 is 4.74 Å². The van der Waals surface area contributed by atoms with Crippen molar-refractivity contribution in [3.63, 3.8) is 0 Å². The average Bonchev–Trinajstić information content (AvgIpc) is 2.76. The second kappa shape index (κ2) is 5.61. The van der Waals surface area contributed by atoms with Gasteiger partial charge in [-0.1, -0.05) is 28.1 Å². The van der Waals surface area contributed by atoms with E-state index in [1.165, 1.54) is 5.56 Å². The van der Waals surface area contributed by atoms with Crippen LogP contribution >= 0.6 is 27.5 Å². The quantitative estimate of drug-likeness (QED) is 0.768. The van der Waals surface area contributed by atoms with E-state index in [0.29, 0.717) is 5.22 Å². The number of halogens is 2. The Morgan fingerprint density at radius 1 is 1.41 bits per heavy atom. The van der Waals surface area contributed by atoms with Gasteiger partial charge in [0.2, 0.25) is 0 Å². The maximum atomic E-state index is 5.94. The van der Waals surface area contributed by atoms with Crippen molar-refractivity contribution in [1.29, 1.82) is 0 Å². The smallest absolute Gasteiger partial charge is 0.197 e. The second-order valence-electron chi connectivity index (χ2n) is 3.67. The summed E-state index contributed by atoms with van der Waals surface area (Å²) in [5, 5.41) is 0.440. The zero-order valence-corrected chi connectivity index (χ0v) is 11.7. The molecule has 1 aromatic heterocycles. The van der Waals surface area contributed by atoms with Crippen LogP contribution in [0.2, 0.25) is 5.22 Å². The van der Waals surface area contributed by atoms with Gasteiger partial charge in [-0.2, -0.15) is 0 Å². The van der Waals surface area contributed by atoms with Crippen LogP contribution in [0.1, 0.15) is 16.0 Å². The highest BCUT2D eigenvalue weighted by Gasteiger charge is 2.14. The molecule has 1 atom stereocenters. The van der Waals surface area contributed by atoms with Crippen molar-refractivity contribution in [3.05, 3.63) is 52.9 Å². The van der Waals surface area contributed by atoms with E-state index in [0.717, 1.165) is 17.7 Å². The second-order valence-corrected chi connectivity index (χ2v) is 5.12. The minimum atomic E-state index is 0.140. The SMILES string of the molecule is COc1cccc(CC(Br)c2ccoc2Cl)c1. The van der Waals surface area contributed by atoms with Crippen LogP contribution in [0.25, 0.3) is 0 Å². The minimum Gasteiger partial charge on any atom is -0.497 e. The molecule has 0 aliphatic heterocycles. The van der Waals surface area contributed by atoms with Crippen LogP contribution in [0.15, 0.2) is 41.0 Å². The van der Waals surface area contributed by atoms with Gasteiger partial charge in [-0.15, -0.1) is 0 Å². The van der Waals surface area contributed by atoms with Gasteiger partial charge in [0.1, 0.15) is 5.75 Å². The van der Waals surface area contributed by atoms with E-state index in [1.54, 1.807) is 13.4 Å². The molecule has 17 heavy (non-hydrogen) atoms. The summed E-state index contributed by atoms with van der Waals surface area (Å²) in [4.78, 5) is 0.140. The van der Waals surface area contributed by atoms with Gasteiger partial charge in [0, 0.05) is 10.4 Å². The summed E-state index contributed by atoms with van der Waals surface area (Å²) >= 11 is 9.55. The van der Waals surface area contributed by atoms with Crippen molar-refractivity contribution in [2.24, 2.45) is 0 Å². The molecule has 0 bridgehead atoms. The van der Waals surface area contributed by atoms with Crippen LogP contribution in [0.4, 0.5) is 0 Å². The molecule has 0 radical (unpaired) electrons. The monoisotopic (exact) mass is 314 g/mol. The Morgan fingerprint density at radius 3 is 2.88 bits per heavy atom. The van der Waals surface area contributed by atoms with Gasteiger partial charge >= 0.3 is 0 Å². The van der Waals surface area contributed by atoms with E-state index in [9.17, 15) is 0 Å². The highest BCUT2D eigenvalue weighted by atomic mass is 79.9. The Hall–Kier alpha value is -0.930. The molecule has 0 aliphatic carbocycles. The summed E-state index contributed by atoms with van der Waals surface area (Å²) < 4.78 is 10.3. The highest BCUT2D eigenvalue weighted by Crippen LogP contribution is 2.33. The molecule has 0 aliphatic rings. The van der Waals surface area contributed by atoms with Gasteiger partial charge < -0.3 is 9.15 Å². The Kier molecular flexibility index (Phi) is 4.13. The average molecular weight is 316 g/mol. The van der Waals surface area contributed by atoms with E-state index >= 15 is 0 Å². The molecule has 1 heterocycles. The number of rotatable bonds is 4. The van der Waals surface area contributed by atoms with Crippen LogP contribution in [0.5, 0.6) is 5.75 Å². The van der Waals surface area contributed by atoms with Crippen molar-refractivity contribution in [2.75, 3.05) is 7.11 Å². The zero-order valence-electron chi connectivity index (χ0n) is 9.32. The van der Waals surface area contributed by atoms with Gasteiger partial charge in [0.15, 0.2) is 5.22 Å². The zero-order chi connectivity index (χ0) is 12.3. The fourth-order valence-corrected chi connectivity index (χ4v) is 2.76. The van der Waals surface area contributed by atoms with Gasteiger partial charge in [0.25, 0.3) is 0 Å². The Labute approximate surface area is 114 Å². The van der Waals surface area contributed by atoms with E-state index in [1.807, 2.05) is 24.3 Å². The Morgan fingerprint density at radius 2 is 2.24 bits per heavy atom. The maximum Gasteiger partial charge on any atom is 0.197 e. The van der Waals surface area contributed by atoms with Crippen molar-refractivity contribution < 1.29 is 9.15 Å². The fraction of sp³-hybridized carbons (Fsp3) is 0.231. The van der Waals surface area contributed by atoms with Crippen molar-refractivity contribution in [2.45, 2.75) is 11.2 Å². The predicted octanol–water partition coefficient (Wildman–Crippen LogP) is 4.62. The predicted molar refractivity (Wildman–Crippen MR) is 72.1 cm³/mol. The maximum absolute atomic E-state index is 5.94. The van der Waals surface area contributed by atoms with Gasteiger partial charge in [-0.25, -0.2) is 0 Å². The summed E-state index contributed by atoms with van der Waals surface area (Å²) in [6.45, 7) is 0. The molecule has 1 aromatic carbocycles. The third-order valence-electron chi connectivity index (χ3n) is 2.53. The van der Waals surface area contributed by atoms with Crippen LogP contribution in [-0.4, -0.2) is 7.11 Å². The topological polar surface area (TPSA) is 22.4 Å². The third-order valence-corrected chi connectivity index (χ3v) is 3.66. The molecule has 0 saturated carbocycles. The van der Waals surface area contributed by atoms with Gasteiger partial charge in [-0.05, 0) is 41.8 Å². The first-order valence-corrected chi connectivity index (χ1v) is 6.50. The third kappa shape index (κ3) is 3.05. The molecule has 1 unspecified atom stereocenters. The number of hydrogen-bond acceptors (Lipinski definition) is 2. The van der Waals surface area contributed by atoms with Crippen LogP contribution in [-0.2, 0) is 6.42 Å². The molecule has 0 saturated heterocycles. The van der Waals surface area contributed by atoms with Crippen molar-refractivity contribution >= 4 is 27.5 Å². The molecule has 4 heteroatoms. The van der Waals surface area contributed by atoms with E-state index in [2.05, 4.69) is 22.0 Å². The van der Waals surface area contributed by atoms with Gasteiger partial charge in [0.05, 0.1) is 13.4 Å². The minimum absolute atomic E-state index is 0.140. The van der Waals surface area contributed by atoms with E-state index in [-0.39, 0.29) is 4.83 Å². The van der Waals surface area contributed by atoms with E-state index < -0.39 is 0 Å². The fourth-order valence-electron chi connectivity index (χ4n) is 1.64. The molecule has 0 N–H and O–H groups in total. The molecular weight excluding hydrogens is 303 g/mol. The lowest BCUT2D eigenvalue weighted by Gasteiger charge is -2.09. The standard InChI is InChI=1S/C13H12BrClO2/c1-16-10-4-2-3-9(7-10)8-12(14)11-5-6-17-13(11)15/h2-7,12H,8H2,1H3. The number of alkyl halides is 1. The summed E-state index contributed by atoms with van der Waals surface area (Å²) in [6, 6.07) is 9.86. The first-order chi connectivity index (χ1) is 8.20. The first-order valence-electron chi connectivity index (χ1n) is 5.20. The van der Waals surface area contributed by atoms with Crippen molar-refractivity contribution in [1.82, 2.24) is 0 Å². The van der Waals surface area contributed by atoms with Crippen LogP contribution in [0, 0.1) is 0 Å². The molecule has 90 valence electrons. The Bertz CT molecular complexity index is 496. The molecule has 2 aromatic rings. The number of furan rings is 1. The molecule has 2 rings (SSSR count). The highest BCUT2D eigenvalue weighted by molar-refractivity contribution is 9.09. The lowest BCUT2D eigenvalue weighted by atomic mass is 10.1. The number of hydrogen-bond donors (Lipinski definition) is 0. The number of ether oxygens (including phenoxy) is 1.